The van der Waals surface area contributed by atoms with Crippen molar-refractivity contribution in [3.05, 3.63) is 80.4 Å². The van der Waals surface area contributed by atoms with Gasteiger partial charge in [0, 0.05) is 47.8 Å². The van der Waals surface area contributed by atoms with Gasteiger partial charge < -0.3 is 14.4 Å². The van der Waals surface area contributed by atoms with Gasteiger partial charge in [0.05, 0.1) is 11.1 Å². The van der Waals surface area contributed by atoms with E-state index in [-0.39, 0.29) is 24.0 Å². The number of hydrogen-bond donors (Lipinski definition) is 0. The molecule has 1 aliphatic heterocycles. The summed E-state index contributed by atoms with van der Waals surface area (Å²) in [6, 6.07) is 10.1. The zero-order valence-electron chi connectivity index (χ0n) is 21.2. The van der Waals surface area contributed by atoms with Crippen molar-refractivity contribution in [2.45, 2.75) is 64.9 Å². The largest absolute Gasteiger partial charge is 0.490 e. The predicted octanol–water partition coefficient (Wildman–Crippen LogP) is 7.00. The number of carbonyl (C=O) groups is 2. The van der Waals surface area contributed by atoms with Crippen LogP contribution in [0.25, 0.3) is 0 Å². The van der Waals surface area contributed by atoms with Crippen LogP contribution in [0.3, 0.4) is 0 Å². The lowest BCUT2D eigenvalue weighted by atomic mass is 9.71. The molecule has 7 heteroatoms. The second-order valence-corrected chi connectivity index (χ2v) is 10.5. The number of benzene rings is 2. The lowest BCUT2D eigenvalue weighted by Gasteiger charge is -2.43. The summed E-state index contributed by atoms with van der Waals surface area (Å²) in [7, 11) is 0. The molecule has 2 aliphatic carbocycles. The highest BCUT2D eigenvalue weighted by Gasteiger charge is 2.43. The molecule has 0 saturated carbocycles. The van der Waals surface area contributed by atoms with Crippen molar-refractivity contribution in [1.82, 2.24) is 4.90 Å². The Kier molecular flexibility index (Phi) is 7.52. The molecule has 0 amide bonds. The van der Waals surface area contributed by atoms with Crippen LogP contribution in [0.5, 0.6) is 11.5 Å². The molecule has 0 atom stereocenters. The molecular formula is C30H31BrFNO4. The van der Waals surface area contributed by atoms with Crippen molar-refractivity contribution < 1.29 is 23.5 Å². The Hall–Kier alpha value is -2.93. The number of hydrogen-bond acceptors (Lipinski definition) is 5. The smallest absolute Gasteiger partial charge is 0.175 e. The van der Waals surface area contributed by atoms with Crippen LogP contribution >= 0.6 is 15.9 Å². The third kappa shape index (κ3) is 4.86. The summed E-state index contributed by atoms with van der Waals surface area (Å²) >= 11 is 3.66. The number of rotatable bonds is 7. The molecule has 0 spiro atoms. The molecule has 5 rings (SSSR count). The molecular weight excluding hydrogens is 537 g/mol. The van der Waals surface area contributed by atoms with Gasteiger partial charge in [-0.1, -0.05) is 12.1 Å². The minimum atomic E-state index is -0.416. The Bertz CT molecular complexity index is 1270. The van der Waals surface area contributed by atoms with Crippen molar-refractivity contribution in [1.29, 1.82) is 0 Å². The van der Waals surface area contributed by atoms with Crippen LogP contribution in [0.15, 0.2) is 63.4 Å². The average Bonchev–Trinajstić information content (AvgIpc) is 2.87. The molecule has 0 fully saturated rings. The van der Waals surface area contributed by atoms with Gasteiger partial charge >= 0.3 is 0 Å². The van der Waals surface area contributed by atoms with E-state index in [0.29, 0.717) is 41.0 Å². The maximum Gasteiger partial charge on any atom is 0.175 e. The molecule has 0 bridgehead atoms. The normalized spacial score (nSPS) is 18.2. The number of ether oxygens (including phenoxy) is 2. The van der Waals surface area contributed by atoms with Crippen molar-refractivity contribution in [3.63, 3.8) is 0 Å². The molecule has 0 radical (unpaired) electrons. The Morgan fingerprint density at radius 1 is 0.946 bits per heavy atom. The quantitative estimate of drug-likeness (QED) is 0.360. The maximum atomic E-state index is 13.7. The van der Waals surface area contributed by atoms with E-state index in [0.717, 1.165) is 60.3 Å². The van der Waals surface area contributed by atoms with E-state index in [1.165, 1.54) is 12.1 Å². The van der Waals surface area contributed by atoms with Gasteiger partial charge in [-0.15, -0.1) is 0 Å². The topological polar surface area (TPSA) is 55.8 Å². The zero-order chi connectivity index (χ0) is 26.1. The van der Waals surface area contributed by atoms with Crippen LogP contribution in [0.2, 0.25) is 0 Å². The number of carbonyl (C=O) groups excluding carboxylic acids is 2. The van der Waals surface area contributed by atoms with Gasteiger partial charge in [-0.3, -0.25) is 9.59 Å². The first-order valence-corrected chi connectivity index (χ1v) is 13.9. The van der Waals surface area contributed by atoms with Gasteiger partial charge in [0.2, 0.25) is 0 Å². The average molecular weight is 568 g/mol. The number of Topliss-reactive ketones (excluding diaryl/α,β-unsaturated/α-hetero) is 2. The molecule has 0 aromatic heterocycles. The number of ketones is 2. The van der Waals surface area contributed by atoms with Gasteiger partial charge in [0.25, 0.3) is 0 Å². The zero-order valence-corrected chi connectivity index (χ0v) is 22.8. The summed E-state index contributed by atoms with van der Waals surface area (Å²) in [4.78, 5) is 29.0. The third-order valence-electron chi connectivity index (χ3n) is 7.34. The van der Waals surface area contributed by atoms with Crippen LogP contribution in [0.1, 0.15) is 69.4 Å². The lowest BCUT2D eigenvalue weighted by molar-refractivity contribution is -0.117. The predicted molar refractivity (Wildman–Crippen MR) is 143 cm³/mol. The Morgan fingerprint density at radius 2 is 1.62 bits per heavy atom. The van der Waals surface area contributed by atoms with Crippen molar-refractivity contribution in [2.24, 2.45) is 0 Å². The number of nitrogens with zero attached hydrogens (tertiary/aromatic N) is 1. The minimum Gasteiger partial charge on any atom is -0.490 e. The first-order valence-electron chi connectivity index (χ1n) is 13.1. The van der Waals surface area contributed by atoms with E-state index in [1.54, 1.807) is 12.1 Å². The minimum absolute atomic E-state index is 0.120. The molecule has 0 unspecified atom stereocenters. The number of halogens is 2. The van der Waals surface area contributed by atoms with E-state index in [9.17, 15) is 14.0 Å². The second kappa shape index (κ2) is 10.8. The van der Waals surface area contributed by atoms with E-state index in [4.69, 9.17) is 9.47 Å². The summed E-state index contributed by atoms with van der Waals surface area (Å²) in [6.07, 6.45) is 4.34. The van der Waals surface area contributed by atoms with Crippen molar-refractivity contribution in [2.75, 3.05) is 13.2 Å². The molecule has 0 saturated heterocycles. The highest BCUT2D eigenvalue weighted by molar-refractivity contribution is 9.10. The molecule has 1 heterocycles. The van der Waals surface area contributed by atoms with E-state index in [1.807, 2.05) is 19.1 Å². The van der Waals surface area contributed by atoms with E-state index >= 15 is 0 Å². The summed E-state index contributed by atoms with van der Waals surface area (Å²) in [5.41, 5.74) is 5.19. The number of allylic oxidation sites excluding steroid dienone is 4. The van der Waals surface area contributed by atoms with Gasteiger partial charge in [0.1, 0.15) is 12.4 Å². The molecule has 194 valence electrons. The molecule has 0 N–H and O–H groups in total. The maximum absolute atomic E-state index is 13.7. The first kappa shape index (κ1) is 25.7. The molecule has 5 nitrogen and oxygen atoms in total. The van der Waals surface area contributed by atoms with E-state index in [2.05, 4.69) is 27.8 Å². The highest BCUT2D eigenvalue weighted by Crippen LogP contribution is 2.51. The van der Waals surface area contributed by atoms with Crippen LogP contribution in [0.4, 0.5) is 4.39 Å². The molecule has 2 aromatic rings. The lowest BCUT2D eigenvalue weighted by Crippen LogP contribution is -2.39. The standard InChI is InChI=1S/C30H31BrFNO4/c1-3-33-22-10-6-12-24(34)28(22)27(29-23(33)11-7-13-25(29)35)19-15-21(31)30(26(16-19)36-4-2)37-17-18-8-5-9-20(32)14-18/h5,8-9,14-16,27H,3-4,6-7,10-13,17H2,1-2H3. The van der Waals surface area contributed by atoms with Gasteiger partial charge in [-0.05, 0) is 90.9 Å². The fraction of sp³-hybridized carbons (Fsp3) is 0.400. The fourth-order valence-corrected chi connectivity index (χ4v) is 6.45. The summed E-state index contributed by atoms with van der Waals surface area (Å²) in [5, 5.41) is 0. The molecule has 37 heavy (non-hydrogen) atoms. The van der Waals surface area contributed by atoms with Crippen LogP contribution in [0, 0.1) is 5.82 Å². The molecule has 3 aliphatic rings. The van der Waals surface area contributed by atoms with Crippen molar-refractivity contribution in [3.8, 4) is 11.5 Å². The second-order valence-electron chi connectivity index (χ2n) is 9.63. The first-order chi connectivity index (χ1) is 17.9. The van der Waals surface area contributed by atoms with Crippen LogP contribution in [-0.4, -0.2) is 29.6 Å². The Morgan fingerprint density at radius 3 is 2.22 bits per heavy atom. The molecule has 2 aromatic carbocycles. The van der Waals surface area contributed by atoms with Gasteiger partial charge in [-0.25, -0.2) is 4.39 Å². The monoisotopic (exact) mass is 567 g/mol. The highest BCUT2D eigenvalue weighted by atomic mass is 79.9. The Balaban J connectivity index is 1.61. The van der Waals surface area contributed by atoms with Gasteiger partial charge in [-0.2, -0.15) is 0 Å². The summed E-state index contributed by atoms with van der Waals surface area (Å²) in [5.74, 6) is 0.541. The van der Waals surface area contributed by atoms with Crippen LogP contribution in [-0.2, 0) is 16.2 Å². The third-order valence-corrected chi connectivity index (χ3v) is 7.93. The van der Waals surface area contributed by atoms with E-state index < -0.39 is 5.92 Å². The Labute approximate surface area is 225 Å². The fourth-order valence-electron chi connectivity index (χ4n) is 5.87. The van der Waals surface area contributed by atoms with Crippen LogP contribution < -0.4 is 9.47 Å². The SMILES string of the molecule is CCOc1cc(C2C3=C(CCCC3=O)N(CC)C3=C2C(=O)CCC3)cc(Br)c1OCc1cccc(F)c1. The summed E-state index contributed by atoms with van der Waals surface area (Å²) in [6.45, 7) is 5.31. The van der Waals surface area contributed by atoms with Crippen molar-refractivity contribution >= 4 is 27.5 Å². The van der Waals surface area contributed by atoms with Gasteiger partial charge in [0.15, 0.2) is 23.1 Å². The summed E-state index contributed by atoms with van der Waals surface area (Å²) < 4.78 is 26.4.